The summed E-state index contributed by atoms with van der Waals surface area (Å²) in [4.78, 5) is 16.9. The van der Waals surface area contributed by atoms with E-state index in [0.717, 1.165) is 26.1 Å². The van der Waals surface area contributed by atoms with E-state index in [1.165, 1.54) is 12.1 Å². The van der Waals surface area contributed by atoms with Crippen molar-refractivity contribution in [2.45, 2.75) is 12.5 Å². The summed E-state index contributed by atoms with van der Waals surface area (Å²) in [6.45, 7) is 6.40. The van der Waals surface area contributed by atoms with Gasteiger partial charge in [0, 0.05) is 39.3 Å². The second-order valence-electron chi connectivity index (χ2n) is 6.35. The van der Waals surface area contributed by atoms with Crippen molar-refractivity contribution in [1.29, 1.82) is 0 Å². The number of carbonyl (C=O) groups is 1. The number of ether oxygens (including phenoxy) is 2. The van der Waals surface area contributed by atoms with Gasteiger partial charge in [-0.15, -0.1) is 0 Å². The predicted molar refractivity (Wildman–Crippen MR) is 92.1 cm³/mol. The van der Waals surface area contributed by atoms with Gasteiger partial charge in [-0.2, -0.15) is 0 Å². The van der Waals surface area contributed by atoms with Crippen LogP contribution >= 0.6 is 0 Å². The second-order valence-corrected chi connectivity index (χ2v) is 6.35. The first kappa shape index (κ1) is 18.1. The Bertz CT molecular complexity index is 549. The summed E-state index contributed by atoms with van der Waals surface area (Å²) in [5, 5.41) is 3.32. The molecule has 2 saturated heterocycles. The molecule has 0 saturated carbocycles. The van der Waals surface area contributed by atoms with E-state index in [1.54, 1.807) is 12.1 Å². The van der Waals surface area contributed by atoms with Crippen LogP contribution in [0.1, 0.15) is 6.42 Å². The Balaban J connectivity index is 1.45. The largest absolute Gasteiger partial charge is 0.494 e. The standard InChI is InChI=1S/C18H26FN3O3/c19-15-2-4-16(5-3-15)25-11-1-7-21-8-6-20-14-17(21)18(23)22-9-12-24-13-10-22/h2-5,17,20H,1,6-14H2. The summed E-state index contributed by atoms with van der Waals surface area (Å²) < 4.78 is 23.9. The fourth-order valence-electron chi connectivity index (χ4n) is 3.24. The molecule has 0 radical (unpaired) electrons. The van der Waals surface area contributed by atoms with Crippen LogP contribution in [0.15, 0.2) is 24.3 Å². The molecule has 1 amide bonds. The van der Waals surface area contributed by atoms with E-state index in [-0.39, 0.29) is 17.8 Å². The van der Waals surface area contributed by atoms with E-state index < -0.39 is 0 Å². The van der Waals surface area contributed by atoms with Crippen molar-refractivity contribution in [2.24, 2.45) is 0 Å². The van der Waals surface area contributed by atoms with Crippen LogP contribution in [0.4, 0.5) is 4.39 Å². The van der Waals surface area contributed by atoms with Crippen molar-refractivity contribution in [3.63, 3.8) is 0 Å². The average Bonchev–Trinajstić information content (AvgIpc) is 2.67. The van der Waals surface area contributed by atoms with Gasteiger partial charge >= 0.3 is 0 Å². The number of carbonyl (C=O) groups excluding carboxylic acids is 1. The Kier molecular flexibility index (Phi) is 6.61. The molecule has 1 atom stereocenters. The molecular weight excluding hydrogens is 325 g/mol. The van der Waals surface area contributed by atoms with E-state index in [0.29, 0.717) is 45.2 Å². The van der Waals surface area contributed by atoms with Crippen LogP contribution in [0.2, 0.25) is 0 Å². The van der Waals surface area contributed by atoms with Gasteiger partial charge in [0.1, 0.15) is 17.6 Å². The highest BCUT2D eigenvalue weighted by Crippen LogP contribution is 2.13. The lowest BCUT2D eigenvalue weighted by molar-refractivity contribution is -0.141. The molecule has 2 aliphatic rings. The van der Waals surface area contributed by atoms with Crippen LogP contribution in [0, 0.1) is 5.82 Å². The number of halogens is 1. The number of hydrogen-bond acceptors (Lipinski definition) is 5. The lowest BCUT2D eigenvalue weighted by atomic mass is 10.1. The SMILES string of the molecule is O=C(C1CNCCN1CCCOc1ccc(F)cc1)N1CCOCC1. The maximum Gasteiger partial charge on any atom is 0.241 e. The Morgan fingerprint density at radius 1 is 1.24 bits per heavy atom. The minimum absolute atomic E-state index is 0.113. The molecule has 1 unspecified atom stereocenters. The number of rotatable bonds is 6. The minimum Gasteiger partial charge on any atom is -0.494 e. The lowest BCUT2D eigenvalue weighted by Crippen LogP contribution is -2.60. The highest BCUT2D eigenvalue weighted by Gasteiger charge is 2.32. The molecule has 1 N–H and O–H groups in total. The van der Waals surface area contributed by atoms with E-state index in [9.17, 15) is 9.18 Å². The Morgan fingerprint density at radius 3 is 2.76 bits per heavy atom. The molecule has 1 aromatic carbocycles. The van der Waals surface area contributed by atoms with Gasteiger partial charge in [-0.05, 0) is 30.7 Å². The summed E-state index contributed by atoms with van der Waals surface area (Å²) in [5.74, 6) is 0.593. The van der Waals surface area contributed by atoms with E-state index >= 15 is 0 Å². The third-order valence-corrected chi connectivity index (χ3v) is 4.63. The topological polar surface area (TPSA) is 54.0 Å². The third-order valence-electron chi connectivity index (χ3n) is 4.63. The van der Waals surface area contributed by atoms with Crippen LogP contribution in [0.25, 0.3) is 0 Å². The summed E-state index contributed by atoms with van der Waals surface area (Å²) in [7, 11) is 0. The number of nitrogens with zero attached hydrogens (tertiary/aromatic N) is 2. The molecule has 0 bridgehead atoms. The first-order valence-corrected chi connectivity index (χ1v) is 8.94. The van der Waals surface area contributed by atoms with E-state index in [4.69, 9.17) is 9.47 Å². The first-order valence-electron chi connectivity index (χ1n) is 8.94. The third kappa shape index (κ3) is 5.14. The molecule has 138 valence electrons. The smallest absolute Gasteiger partial charge is 0.241 e. The lowest BCUT2D eigenvalue weighted by Gasteiger charge is -2.39. The predicted octanol–water partition coefficient (Wildman–Crippen LogP) is 0.727. The zero-order valence-corrected chi connectivity index (χ0v) is 14.5. The Morgan fingerprint density at radius 2 is 2.00 bits per heavy atom. The highest BCUT2D eigenvalue weighted by atomic mass is 19.1. The minimum atomic E-state index is -0.266. The molecule has 7 heteroatoms. The number of amides is 1. The van der Waals surface area contributed by atoms with Crippen molar-refractivity contribution in [1.82, 2.24) is 15.1 Å². The van der Waals surface area contributed by atoms with Crippen LogP contribution in [-0.4, -0.2) is 80.8 Å². The molecule has 2 fully saturated rings. The molecule has 6 nitrogen and oxygen atoms in total. The number of piperazine rings is 1. The van der Waals surface area contributed by atoms with Crippen LogP contribution < -0.4 is 10.1 Å². The van der Waals surface area contributed by atoms with Gasteiger partial charge in [0.2, 0.25) is 5.91 Å². The fourth-order valence-corrected chi connectivity index (χ4v) is 3.24. The summed E-state index contributed by atoms with van der Waals surface area (Å²) in [6, 6.07) is 5.93. The molecule has 2 heterocycles. The van der Waals surface area contributed by atoms with Gasteiger partial charge in [0.05, 0.1) is 19.8 Å². The van der Waals surface area contributed by atoms with E-state index in [2.05, 4.69) is 10.2 Å². The molecule has 2 aliphatic heterocycles. The quantitative estimate of drug-likeness (QED) is 0.766. The van der Waals surface area contributed by atoms with E-state index in [1.807, 2.05) is 4.90 Å². The van der Waals surface area contributed by atoms with Gasteiger partial charge in [0.15, 0.2) is 0 Å². The molecule has 0 aromatic heterocycles. The summed E-state index contributed by atoms with van der Waals surface area (Å²) in [6.07, 6.45) is 0.824. The van der Waals surface area contributed by atoms with Crippen LogP contribution in [0.3, 0.4) is 0 Å². The van der Waals surface area contributed by atoms with Gasteiger partial charge in [-0.1, -0.05) is 0 Å². The van der Waals surface area contributed by atoms with Crippen molar-refractivity contribution in [3.05, 3.63) is 30.1 Å². The van der Waals surface area contributed by atoms with Gasteiger partial charge in [-0.25, -0.2) is 4.39 Å². The van der Waals surface area contributed by atoms with Crippen molar-refractivity contribution in [2.75, 3.05) is 59.1 Å². The molecule has 25 heavy (non-hydrogen) atoms. The average molecular weight is 351 g/mol. The fraction of sp³-hybridized carbons (Fsp3) is 0.611. The second kappa shape index (κ2) is 9.12. The monoisotopic (exact) mass is 351 g/mol. The number of morpholine rings is 1. The van der Waals surface area contributed by atoms with Gasteiger partial charge in [-0.3, -0.25) is 9.69 Å². The van der Waals surface area contributed by atoms with Crippen molar-refractivity contribution < 1.29 is 18.7 Å². The van der Waals surface area contributed by atoms with Crippen LogP contribution in [0.5, 0.6) is 5.75 Å². The molecule has 0 spiro atoms. The number of nitrogens with one attached hydrogen (secondary N) is 1. The molecule has 0 aliphatic carbocycles. The van der Waals surface area contributed by atoms with Gasteiger partial charge in [0.25, 0.3) is 0 Å². The summed E-state index contributed by atoms with van der Waals surface area (Å²) in [5.41, 5.74) is 0. The molecule has 1 aromatic rings. The molecule has 3 rings (SSSR count). The normalized spacial score (nSPS) is 22.0. The Hall–Kier alpha value is -1.70. The summed E-state index contributed by atoms with van der Waals surface area (Å²) >= 11 is 0. The first-order chi connectivity index (χ1) is 12.2. The maximum atomic E-state index is 12.9. The number of benzene rings is 1. The molecular formula is C18H26FN3O3. The zero-order chi connectivity index (χ0) is 17.5. The van der Waals surface area contributed by atoms with Crippen LogP contribution in [-0.2, 0) is 9.53 Å². The Labute approximate surface area is 147 Å². The highest BCUT2D eigenvalue weighted by molar-refractivity contribution is 5.82. The van der Waals surface area contributed by atoms with Crippen molar-refractivity contribution >= 4 is 5.91 Å². The zero-order valence-electron chi connectivity index (χ0n) is 14.5. The maximum absolute atomic E-state index is 12.9. The van der Waals surface area contributed by atoms with Gasteiger partial charge < -0.3 is 19.7 Å². The van der Waals surface area contributed by atoms with Crippen molar-refractivity contribution in [3.8, 4) is 5.75 Å². The number of hydrogen-bond donors (Lipinski definition) is 1.